The number of methoxy groups -OCH3 is 1. The molecule has 0 aromatic heterocycles. The van der Waals surface area contributed by atoms with Gasteiger partial charge in [0.05, 0.1) is 13.2 Å². The maximum absolute atomic E-state index is 10.7. The van der Waals surface area contributed by atoms with E-state index in [1.165, 1.54) is 18.9 Å². The Morgan fingerprint density at radius 1 is 1.67 bits per heavy atom. The van der Waals surface area contributed by atoms with Crippen LogP contribution in [0, 0.1) is 0 Å². The molecule has 1 rings (SSSR count). The van der Waals surface area contributed by atoms with Crippen molar-refractivity contribution in [1.29, 1.82) is 0 Å². The summed E-state index contributed by atoms with van der Waals surface area (Å²) in [5.41, 5.74) is 1.22. The van der Waals surface area contributed by atoms with Gasteiger partial charge in [0.1, 0.15) is 0 Å². The van der Waals surface area contributed by atoms with E-state index >= 15 is 0 Å². The monoisotopic (exact) mass is 209 g/mol. The van der Waals surface area contributed by atoms with Gasteiger partial charge in [-0.05, 0) is 26.2 Å². The van der Waals surface area contributed by atoms with Crippen LogP contribution < -0.4 is 0 Å². The average Bonchev–Trinajstić information content (AvgIpc) is 2.67. The molecular weight excluding hydrogens is 190 g/mol. The minimum absolute atomic E-state index is 0.293. The van der Waals surface area contributed by atoms with Crippen molar-refractivity contribution in [3.8, 4) is 0 Å². The number of aliphatic imine (C=N–C) groups is 1. The van der Waals surface area contributed by atoms with Crippen LogP contribution in [0.15, 0.2) is 30.3 Å². The third-order valence-corrected chi connectivity index (χ3v) is 2.11. The van der Waals surface area contributed by atoms with Crippen molar-refractivity contribution in [3.63, 3.8) is 0 Å². The van der Waals surface area contributed by atoms with Gasteiger partial charge in [-0.15, -0.1) is 13.2 Å². The van der Waals surface area contributed by atoms with E-state index in [2.05, 4.69) is 22.9 Å². The Bertz CT molecular complexity index is 256. The molecular formula is C12H19NO2. The van der Waals surface area contributed by atoms with Gasteiger partial charge in [0.25, 0.3) is 0 Å². The smallest absolute Gasteiger partial charge is 0.330 e. The molecule has 84 valence electrons. The van der Waals surface area contributed by atoms with Crippen LogP contribution in [0.25, 0.3) is 0 Å². The molecule has 1 aliphatic rings. The second kappa shape index (κ2) is 7.97. The van der Waals surface area contributed by atoms with Gasteiger partial charge in [-0.25, -0.2) is 4.79 Å². The lowest BCUT2D eigenvalue weighted by atomic mass is 10.1. The van der Waals surface area contributed by atoms with Crippen molar-refractivity contribution in [2.75, 3.05) is 7.11 Å². The fourth-order valence-electron chi connectivity index (χ4n) is 1.38. The number of hydrogen-bond donors (Lipinski definition) is 0. The van der Waals surface area contributed by atoms with Gasteiger partial charge in [0.15, 0.2) is 0 Å². The molecule has 1 atom stereocenters. The minimum Gasteiger partial charge on any atom is -0.466 e. The molecule has 1 aliphatic heterocycles. The molecule has 0 N–H and O–H groups in total. The fourth-order valence-corrected chi connectivity index (χ4v) is 1.38. The zero-order valence-electron chi connectivity index (χ0n) is 9.53. The SMILES string of the molecule is C=C.COC(=O)/C=C/C[C@@H]1CCC(C)=N1. The molecule has 0 aromatic carbocycles. The molecule has 0 saturated heterocycles. The van der Waals surface area contributed by atoms with Gasteiger partial charge in [-0.1, -0.05) is 6.08 Å². The fraction of sp³-hybridized carbons (Fsp3) is 0.500. The third kappa shape index (κ3) is 5.83. The van der Waals surface area contributed by atoms with Crippen molar-refractivity contribution in [2.45, 2.75) is 32.2 Å². The molecule has 0 spiro atoms. The summed E-state index contributed by atoms with van der Waals surface area (Å²) in [4.78, 5) is 15.1. The number of esters is 1. The molecule has 0 bridgehead atoms. The van der Waals surface area contributed by atoms with E-state index < -0.39 is 0 Å². The number of carbonyl (C=O) groups excluding carboxylic acids is 1. The molecule has 3 nitrogen and oxygen atoms in total. The van der Waals surface area contributed by atoms with E-state index in [1.807, 2.05) is 13.0 Å². The van der Waals surface area contributed by atoms with E-state index in [9.17, 15) is 4.79 Å². The summed E-state index contributed by atoms with van der Waals surface area (Å²) in [6, 6.07) is 0.376. The molecule has 0 amide bonds. The van der Waals surface area contributed by atoms with Crippen LogP contribution >= 0.6 is 0 Å². The standard InChI is InChI=1S/C10H15NO2.C2H4/c1-8-6-7-9(11-8)4-3-5-10(12)13-2;1-2/h3,5,9H,4,6-7H2,1-2H3;1-2H2/b5-3+;/t9-;/m1./s1. The lowest BCUT2D eigenvalue weighted by Crippen LogP contribution is -1.98. The molecule has 0 aromatic rings. The molecule has 0 unspecified atom stereocenters. The number of ether oxygens (including phenoxy) is 1. The van der Waals surface area contributed by atoms with Gasteiger partial charge >= 0.3 is 5.97 Å². The van der Waals surface area contributed by atoms with Gasteiger partial charge in [0, 0.05) is 11.8 Å². The largest absolute Gasteiger partial charge is 0.466 e. The molecule has 1 heterocycles. The van der Waals surface area contributed by atoms with Crippen LogP contribution in [-0.2, 0) is 9.53 Å². The highest BCUT2D eigenvalue weighted by atomic mass is 16.5. The van der Waals surface area contributed by atoms with Crippen LogP contribution in [0.1, 0.15) is 26.2 Å². The van der Waals surface area contributed by atoms with Crippen molar-refractivity contribution >= 4 is 11.7 Å². The first kappa shape index (κ1) is 13.6. The van der Waals surface area contributed by atoms with Gasteiger partial charge in [0.2, 0.25) is 0 Å². The Kier molecular flexibility index (Phi) is 7.24. The first-order valence-corrected chi connectivity index (χ1v) is 5.00. The van der Waals surface area contributed by atoms with Crippen molar-refractivity contribution in [2.24, 2.45) is 4.99 Å². The van der Waals surface area contributed by atoms with Gasteiger partial charge in [-0.2, -0.15) is 0 Å². The Labute approximate surface area is 91.5 Å². The minimum atomic E-state index is -0.293. The van der Waals surface area contributed by atoms with E-state index in [1.54, 1.807) is 0 Å². The first-order valence-electron chi connectivity index (χ1n) is 5.00. The predicted octanol–water partition coefficient (Wildman–Crippen LogP) is 2.53. The zero-order valence-corrected chi connectivity index (χ0v) is 9.53. The molecule has 0 fully saturated rings. The second-order valence-electron chi connectivity index (χ2n) is 3.22. The van der Waals surface area contributed by atoms with Crippen LogP contribution in [0.3, 0.4) is 0 Å². The van der Waals surface area contributed by atoms with Crippen LogP contribution in [-0.4, -0.2) is 24.8 Å². The molecule has 3 heteroatoms. The van der Waals surface area contributed by atoms with Gasteiger partial charge in [-0.3, -0.25) is 4.99 Å². The van der Waals surface area contributed by atoms with Gasteiger partial charge < -0.3 is 4.74 Å². The van der Waals surface area contributed by atoms with Crippen molar-refractivity contribution in [3.05, 3.63) is 25.3 Å². The predicted molar refractivity (Wildman–Crippen MR) is 63.2 cm³/mol. The van der Waals surface area contributed by atoms with E-state index in [4.69, 9.17) is 0 Å². The number of hydrogen-bond acceptors (Lipinski definition) is 3. The Hall–Kier alpha value is -1.38. The van der Waals surface area contributed by atoms with E-state index in [0.717, 1.165) is 19.3 Å². The van der Waals surface area contributed by atoms with E-state index in [-0.39, 0.29) is 5.97 Å². The molecule has 0 aliphatic carbocycles. The zero-order chi connectivity index (χ0) is 11.7. The summed E-state index contributed by atoms with van der Waals surface area (Å²) in [6.45, 7) is 8.05. The summed E-state index contributed by atoms with van der Waals surface area (Å²) in [7, 11) is 1.38. The highest BCUT2D eigenvalue weighted by molar-refractivity contribution is 5.83. The highest BCUT2D eigenvalue weighted by Crippen LogP contribution is 2.16. The lowest BCUT2D eigenvalue weighted by molar-refractivity contribution is -0.134. The Morgan fingerprint density at radius 3 is 2.80 bits per heavy atom. The van der Waals surface area contributed by atoms with E-state index in [0.29, 0.717) is 6.04 Å². The highest BCUT2D eigenvalue weighted by Gasteiger charge is 2.12. The van der Waals surface area contributed by atoms with Crippen molar-refractivity contribution < 1.29 is 9.53 Å². The molecule has 0 radical (unpaired) electrons. The Balaban J connectivity index is 0.000000921. The normalized spacial score (nSPS) is 19.3. The third-order valence-electron chi connectivity index (χ3n) is 2.11. The summed E-state index contributed by atoms with van der Waals surface area (Å²) in [6.07, 6.45) is 6.34. The Morgan fingerprint density at radius 2 is 2.33 bits per heavy atom. The first-order chi connectivity index (χ1) is 7.22. The average molecular weight is 209 g/mol. The summed E-state index contributed by atoms with van der Waals surface area (Å²) in [5, 5.41) is 0. The number of nitrogens with zero attached hydrogens (tertiary/aromatic N) is 1. The maximum atomic E-state index is 10.7. The number of rotatable bonds is 3. The molecule has 0 saturated carbocycles. The number of carbonyl (C=O) groups is 1. The van der Waals surface area contributed by atoms with Crippen LogP contribution in [0.2, 0.25) is 0 Å². The summed E-state index contributed by atoms with van der Waals surface area (Å²) >= 11 is 0. The summed E-state index contributed by atoms with van der Waals surface area (Å²) < 4.78 is 4.47. The second-order valence-corrected chi connectivity index (χ2v) is 3.22. The molecule has 15 heavy (non-hydrogen) atoms. The quantitative estimate of drug-likeness (QED) is 0.407. The van der Waals surface area contributed by atoms with Crippen molar-refractivity contribution in [1.82, 2.24) is 0 Å². The summed E-state index contributed by atoms with van der Waals surface area (Å²) in [5.74, 6) is -0.293. The van der Waals surface area contributed by atoms with Crippen LogP contribution in [0.5, 0.6) is 0 Å². The maximum Gasteiger partial charge on any atom is 0.330 e. The topological polar surface area (TPSA) is 38.7 Å². The van der Waals surface area contributed by atoms with Crippen LogP contribution in [0.4, 0.5) is 0 Å². The lowest BCUT2D eigenvalue weighted by Gasteiger charge is -1.99.